The van der Waals surface area contributed by atoms with Gasteiger partial charge in [-0.3, -0.25) is 0 Å². The van der Waals surface area contributed by atoms with Gasteiger partial charge in [-0.25, -0.2) is 17.6 Å². The molecule has 0 N–H and O–H groups in total. The highest BCUT2D eigenvalue weighted by atomic mass is 19.2. The fourth-order valence-electron chi connectivity index (χ4n) is 5.23. The summed E-state index contributed by atoms with van der Waals surface area (Å²) in [5.41, 5.74) is 0.680. The van der Waals surface area contributed by atoms with Crippen LogP contribution in [0.15, 0.2) is 24.3 Å². The van der Waals surface area contributed by atoms with Crippen molar-refractivity contribution in [3.8, 4) is 11.1 Å². The van der Waals surface area contributed by atoms with Gasteiger partial charge in [0, 0.05) is 17.0 Å². The lowest BCUT2D eigenvalue weighted by Crippen LogP contribution is -2.26. The summed E-state index contributed by atoms with van der Waals surface area (Å²) in [6.07, 6.45) is 2.94. The van der Waals surface area contributed by atoms with Crippen LogP contribution in [0.1, 0.15) is 99.3 Å². The third-order valence-electron chi connectivity index (χ3n) is 7.03. The number of alkyl halides is 2. The Morgan fingerprint density at radius 3 is 2.16 bits per heavy atom. The molecule has 4 atom stereocenters. The molecule has 1 aliphatic carbocycles. The number of hydrogen-bond donors (Lipinski definition) is 0. The molecule has 1 fully saturated rings. The molecule has 1 aliphatic heterocycles. The van der Waals surface area contributed by atoms with Crippen molar-refractivity contribution >= 4 is 0 Å². The number of ether oxygens (including phenoxy) is 1. The van der Waals surface area contributed by atoms with Crippen molar-refractivity contribution in [3.63, 3.8) is 0 Å². The topological polar surface area (TPSA) is 9.23 Å². The normalized spacial score (nSPS) is 24.8. The first-order chi connectivity index (χ1) is 15.5. The number of fused-ring (bicyclic) bond motifs is 3. The van der Waals surface area contributed by atoms with Crippen LogP contribution < -0.4 is 0 Å². The predicted molar refractivity (Wildman–Crippen MR) is 119 cm³/mol. The van der Waals surface area contributed by atoms with Gasteiger partial charge in [-0.05, 0) is 47.9 Å². The van der Waals surface area contributed by atoms with Crippen LogP contribution in [0.2, 0.25) is 0 Å². The van der Waals surface area contributed by atoms with Crippen molar-refractivity contribution in [3.05, 3.63) is 58.2 Å². The minimum atomic E-state index is -2.23. The number of benzene rings is 2. The molecule has 32 heavy (non-hydrogen) atoms. The highest BCUT2D eigenvalue weighted by Gasteiger charge is 2.40. The van der Waals surface area contributed by atoms with Crippen LogP contribution in [-0.2, 0) is 11.2 Å². The van der Waals surface area contributed by atoms with Gasteiger partial charge in [0.2, 0.25) is 0 Å². The van der Waals surface area contributed by atoms with Gasteiger partial charge in [0.15, 0.2) is 12.3 Å². The molecule has 2 aliphatic rings. The lowest BCUT2D eigenvalue weighted by Gasteiger charge is -2.32. The van der Waals surface area contributed by atoms with Crippen molar-refractivity contribution in [1.82, 2.24) is 0 Å². The second kappa shape index (κ2) is 9.94. The summed E-state index contributed by atoms with van der Waals surface area (Å²) in [5, 5.41) is 0. The van der Waals surface area contributed by atoms with Crippen molar-refractivity contribution < 1.29 is 22.3 Å². The Kier molecular flexibility index (Phi) is 7.24. The quantitative estimate of drug-likeness (QED) is 0.305. The van der Waals surface area contributed by atoms with Crippen LogP contribution in [0.4, 0.5) is 17.6 Å². The predicted octanol–water partition coefficient (Wildman–Crippen LogP) is 8.46. The van der Waals surface area contributed by atoms with Crippen molar-refractivity contribution in [2.45, 2.75) is 89.6 Å². The summed E-state index contributed by atoms with van der Waals surface area (Å²) in [6, 6.07) is 6.47. The maximum atomic E-state index is 15.5. The Hall–Kier alpha value is -1.88. The molecule has 5 heteroatoms. The van der Waals surface area contributed by atoms with E-state index in [0.717, 1.165) is 32.1 Å². The van der Waals surface area contributed by atoms with Crippen LogP contribution >= 0.6 is 0 Å². The van der Waals surface area contributed by atoms with Gasteiger partial charge in [-0.15, -0.1) is 0 Å². The van der Waals surface area contributed by atoms with E-state index in [-0.39, 0.29) is 34.3 Å². The molecule has 2 aromatic carbocycles. The lowest BCUT2D eigenvalue weighted by molar-refractivity contribution is -0.00276. The molecule has 4 unspecified atom stereocenters. The third kappa shape index (κ3) is 4.21. The fourth-order valence-corrected chi connectivity index (χ4v) is 5.23. The number of halogens is 4. The fraction of sp³-hybridized carbons (Fsp3) is 0.556. The van der Waals surface area contributed by atoms with E-state index in [4.69, 9.17) is 4.74 Å². The van der Waals surface area contributed by atoms with E-state index in [0.29, 0.717) is 30.6 Å². The summed E-state index contributed by atoms with van der Waals surface area (Å²) in [5.74, 6) is -1.60. The van der Waals surface area contributed by atoms with Gasteiger partial charge in [0.05, 0.1) is 12.7 Å². The Morgan fingerprint density at radius 2 is 1.53 bits per heavy atom. The molecule has 0 aromatic heterocycles. The average Bonchev–Trinajstić information content (AvgIpc) is 2.79. The van der Waals surface area contributed by atoms with Crippen molar-refractivity contribution in [1.29, 1.82) is 0 Å². The van der Waals surface area contributed by atoms with E-state index in [1.807, 2.05) is 6.92 Å². The van der Waals surface area contributed by atoms with E-state index in [1.165, 1.54) is 6.42 Å². The second-order valence-electron chi connectivity index (χ2n) is 9.21. The largest absolute Gasteiger partial charge is 0.378 e. The van der Waals surface area contributed by atoms with Crippen LogP contribution in [0.5, 0.6) is 0 Å². The van der Waals surface area contributed by atoms with Crippen LogP contribution in [0, 0.1) is 11.6 Å². The van der Waals surface area contributed by atoms with E-state index in [9.17, 15) is 4.39 Å². The summed E-state index contributed by atoms with van der Waals surface area (Å²) in [4.78, 5) is 0. The van der Waals surface area contributed by atoms with Gasteiger partial charge < -0.3 is 4.74 Å². The highest BCUT2D eigenvalue weighted by molar-refractivity contribution is 5.76. The van der Waals surface area contributed by atoms with E-state index in [2.05, 4.69) is 6.92 Å². The van der Waals surface area contributed by atoms with Crippen LogP contribution in [0.25, 0.3) is 11.1 Å². The van der Waals surface area contributed by atoms with Crippen molar-refractivity contribution in [2.24, 2.45) is 0 Å². The summed E-state index contributed by atoms with van der Waals surface area (Å²) in [6.45, 7) is 4.44. The molecule has 0 saturated carbocycles. The Morgan fingerprint density at radius 1 is 0.844 bits per heavy atom. The molecule has 0 amide bonds. The number of hydrogen-bond acceptors (Lipinski definition) is 1. The van der Waals surface area contributed by atoms with Crippen molar-refractivity contribution in [2.75, 3.05) is 6.61 Å². The number of unbranched alkanes of at least 4 members (excludes halogenated alkanes) is 2. The monoisotopic (exact) mass is 448 g/mol. The summed E-state index contributed by atoms with van der Waals surface area (Å²) < 4.78 is 66.7. The standard InChI is InChI=1S/C27H32F4O/c1-3-5-6-8-18-11-9-17(15-32-18)19-13-14-21-20-12-10-16(7-4-2)24(28)22(20)26(30)27(31)23(21)25(19)29/h10,12-14,17-18,26-27H,3-9,11,15H2,1-2H3. The van der Waals surface area contributed by atoms with Gasteiger partial charge in [-0.1, -0.05) is 63.8 Å². The van der Waals surface area contributed by atoms with Gasteiger partial charge in [0.1, 0.15) is 11.6 Å². The molecular formula is C27H32F4O. The molecular weight excluding hydrogens is 416 g/mol. The van der Waals surface area contributed by atoms with E-state index < -0.39 is 24.0 Å². The number of rotatable bonds is 7. The minimum Gasteiger partial charge on any atom is -0.378 e. The molecule has 4 rings (SSSR count). The maximum Gasteiger partial charge on any atom is 0.164 e. The molecule has 1 nitrogen and oxygen atoms in total. The van der Waals surface area contributed by atoms with Gasteiger partial charge in [0.25, 0.3) is 0 Å². The van der Waals surface area contributed by atoms with E-state index >= 15 is 13.2 Å². The minimum absolute atomic E-state index is 0.182. The smallest absolute Gasteiger partial charge is 0.164 e. The van der Waals surface area contributed by atoms with Gasteiger partial charge >= 0.3 is 0 Å². The lowest BCUT2D eigenvalue weighted by atomic mass is 9.79. The first-order valence-electron chi connectivity index (χ1n) is 12.0. The number of aryl methyl sites for hydroxylation is 1. The zero-order valence-corrected chi connectivity index (χ0v) is 18.9. The summed E-state index contributed by atoms with van der Waals surface area (Å²) in [7, 11) is 0. The highest BCUT2D eigenvalue weighted by Crippen LogP contribution is 2.51. The molecule has 1 heterocycles. The molecule has 2 aromatic rings. The first kappa shape index (κ1) is 23.3. The molecule has 0 radical (unpaired) electrons. The Balaban J connectivity index is 1.62. The third-order valence-corrected chi connectivity index (χ3v) is 7.03. The maximum absolute atomic E-state index is 15.5. The average molecular weight is 449 g/mol. The Labute approximate surface area is 188 Å². The second-order valence-corrected chi connectivity index (χ2v) is 9.21. The molecule has 0 spiro atoms. The Bertz CT molecular complexity index is 949. The summed E-state index contributed by atoms with van der Waals surface area (Å²) >= 11 is 0. The van der Waals surface area contributed by atoms with Crippen LogP contribution in [0.3, 0.4) is 0 Å². The molecule has 174 valence electrons. The first-order valence-corrected chi connectivity index (χ1v) is 12.0. The van der Waals surface area contributed by atoms with Gasteiger partial charge in [-0.2, -0.15) is 0 Å². The zero-order chi connectivity index (χ0) is 22.8. The van der Waals surface area contributed by atoms with E-state index in [1.54, 1.807) is 24.3 Å². The molecule has 1 saturated heterocycles. The SMILES string of the molecule is CCCCCC1CCC(c2ccc3c(c2F)C(F)C(F)c2c-3ccc(CCC)c2F)CO1. The molecule has 0 bridgehead atoms. The van der Waals surface area contributed by atoms with Crippen LogP contribution in [-0.4, -0.2) is 12.7 Å². The zero-order valence-electron chi connectivity index (χ0n) is 18.9.